The van der Waals surface area contributed by atoms with Gasteiger partial charge in [-0.25, -0.2) is 4.90 Å². The lowest BCUT2D eigenvalue weighted by molar-refractivity contribution is -0.119. The van der Waals surface area contributed by atoms with E-state index in [1.54, 1.807) is 36.4 Å². The number of imide groups is 2. The predicted octanol–water partition coefficient (Wildman–Crippen LogP) is 5.23. The first-order chi connectivity index (χ1) is 18.0. The molecule has 6 heteroatoms. The lowest BCUT2D eigenvalue weighted by Gasteiger charge is -2.29. The SMILES string of the molecule is O=C1C2=CC3=Cc4cc5c(cc4C=C(C=C2C(=O)N1c1ccccc1)C3)C(=O)N(C1CCCCC1)C5=O. The Labute approximate surface area is 214 Å². The van der Waals surface area contributed by atoms with Gasteiger partial charge in [-0.1, -0.05) is 49.6 Å². The number of fused-ring (bicyclic) bond motifs is 5. The second kappa shape index (κ2) is 8.10. The molecule has 2 aliphatic heterocycles. The summed E-state index contributed by atoms with van der Waals surface area (Å²) >= 11 is 0. The Hall–Kier alpha value is -4.32. The van der Waals surface area contributed by atoms with Gasteiger partial charge in [0.25, 0.3) is 23.6 Å². The minimum absolute atomic E-state index is 0.0290. The Kier molecular flexibility index (Phi) is 4.80. The number of amides is 4. The van der Waals surface area contributed by atoms with Gasteiger partial charge in [0.2, 0.25) is 0 Å². The van der Waals surface area contributed by atoms with Crippen LogP contribution in [0.15, 0.2) is 76.9 Å². The van der Waals surface area contributed by atoms with E-state index in [-0.39, 0.29) is 29.7 Å². The Bertz CT molecular complexity index is 1460. The number of anilines is 1. The zero-order chi connectivity index (χ0) is 25.3. The molecule has 7 rings (SSSR count). The molecule has 1 saturated heterocycles. The van der Waals surface area contributed by atoms with Crippen molar-refractivity contribution in [1.29, 1.82) is 0 Å². The van der Waals surface area contributed by atoms with E-state index in [0.717, 1.165) is 54.4 Å². The Balaban J connectivity index is 1.30. The number of benzene rings is 2. The Morgan fingerprint density at radius 3 is 1.70 bits per heavy atom. The molecule has 0 spiro atoms. The van der Waals surface area contributed by atoms with Crippen LogP contribution in [0.25, 0.3) is 12.2 Å². The fourth-order valence-corrected chi connectivity index (χ4v) is 6.21. The van der Waals surface area contributed by atoms with Gasteiger partial charge in [0.15, 0.2) is 0 Å². The van der Waals surface area contributed by atoms with Gasteiger partial charge in [0.05, 0.1) is 28.0 Å². The quantitative estimate of drug-likeness (QED) is 0.543. The normalized spacial score (nSPS) is 21.0. The van der Waals surface area contributed by atoms with Crippen LogP contribution in [0.5, 0.6) is 0 Å². The summed E-state index contributed by atoms with van der Waals surface area (Å²) in [6, 6.07) is 12.5. The van der Waals surface area contributed by atoms with Crippen molar-refractivity contribution in [3.8, 4) is 0 Å². The highest BCUT2D eigenvalue weighted by molar-refractivity contribution is 6.37. The van der Waals surface area contributed by atoms with Gasteiger partial charge in [-0.2, -0.15) is 0 Å². The third-order valence-electron chi connectivity index (χ3n) is 7.98. The largest absolute Gasteiger partial charge is 0.271 e. The number of allylic oxidation sites excluding steroid dienone is 4. The summed E-state index contributed by atoms with van der Waals surface area (Å²) in [5, 5.41) is 0. The third kappa shape index (κ3) is 3.32. The number of nitrogens with zero attached hydrogens (tertiary/aromatic N) is 2. The summed E-state index contributed by atoms with van der Waals surface area (Å²) in [4.78, 5) is 55.9. The molecule has 0 atom stereocenters. The van der Waals surface area contributed by atoms with Crippen molar-refractivity contribution in [1.82, 2.24) is 4.90 Å². The van der Waals surface area contributed by atoms with Gasteiger partial charge in [0, 0.05) is 6.04 Å². The van der Waals surface area contributed by atoms with Crippen molar-refractivity contribution >= 4 is 41.5 Å². The first kappa shape index (κ1) is 21.9. The maximum Gasteiger partial charge on any atom is 0.266 e. The summed E-state index contributed by atoms with van der Waals surface area (Å²) in [6.07, 6.45) is 13.0. The molecule has 2 aromatic rings. The topological polar surface area (TPSA) is 74.8 Å². The molecule has 2 bridgehead atoms. The van der Waals surface area contributed by atoms with Crippen molar-refractivity contribution in [2.24, 2.45) is 0 Å². The maximum atomic E-state index is 13.3. The van der Waals surface area contributed by atoms with E-state index in [1.807, 2.05) is 30.4 Å². The molecule has 0 unspecified atom stereocenters. The number of hydrogen-bond donors (Lipinski definition) is 0. The highest BCUT2D eigenvalue weighted by atomic mass is 16.2. The average molecular weight is 489 g/mol. The smallest absolute Gasteiger partial charge is 0.266 e. The molecule has 1 saturated carbocycles. The van der Waals surface area contributed by atoms with Gasteiger partial charge in [-0.05, 0) is 78.0 Å². The summed E-state index contributed by atoms with van der Waals surface area (Å²) in [5.41, 5.74) is 5.62. The van der Waals surface area contributed by atoms with Crippen LogP contribution in [-0.2, 0) is 9.59 Å². The van der Waals surface area contributed by atoms with Crippen LogP contribution < -0.4 is 4.90 Å². The van der Waals surface area contributed by atoms with E-state index < -0.39 is 0 Å². The van der Waals surface area contributed by atoms with Crippen LogP contribution in [0.1, 0.15) is 70.4 Å². The van der Waals surface area contributed by atoms with E-state index in [0.29, 0.717) is 34.4 Å². The molecule has 4 amide bonds. The number of rotatable bonds is 2. The molecule has 6 nitrogen and oxygen atoms in total. The van der Waals surface area contributed by atoms with Crippen molar-refractivity contribution < 1.29 is 19.2 Å². The molecular weight excluding hydrogens is 464 g/mol. The van der Waals surface area contributed by atoms with Crippen molar-refractivity contribution in [2.75, 3.05) is 4.90 Å². The van der Waals surface area contributed by atoms with Gasteiger partial charge in [0.1, 0.15) is 0 Å². The number of carbonyl (C=O) groups excluding carboxylic acids is 4. The first-order valence-electron chi connectivity index (χ1n) is 12.8. The highest BCUT2D eigenvalue weighted by Crippen LogP contribution is 2.40. The van der Waals surface area contributed by atoms with Crippen LogP contribution in [0.2, 0.25) is 0 Å². The lowest BCUT2D eigenvalue weighted by atomic mass is 9.94. The number of carbonyl (C=O) groups is 4. The summed E-state index contributed by atoms with van der Waals surface area (Å²) in [7, 11) is 0. The van der Waals surface area contributed by atoms with E-state index >= 15 is 0 Å². The minimum atomic E-state index is -0.340. The molecule has 2 heterocycles. The van der Waals surface area contributed by atoms with Crippen molar-refractivity contribution in [3.05, 3.63) is 99.2 Å². The fraction of sp³-hybridized carbons (Fsp3) is 0.226. The minimum Gasteiger partial charge on any atom is -0.271 e. The second-order valence-corrected chi connectivity index (χ2v) is 10.3. The molecule has 3 aliphatic carbocycles. The lowest BCUT2D eigenvalue weighted by Crippen LogP contribution is -2.40. The summed E-state index contributed by atoms with van der Waals surface area (Å²) < 4.78 is 0. The molecule has 2 fully saturated rings. The zero-order valence-electron chi connectivity index (χ0n) is 20.2. The standard InChI is InChI=1S/C31H24N2O4/c34-28-24-14-18-11-19(15-25(24)29(35)32(28)22-7-3-1-4-8-22)13-21-17-27-26(16-20(21)12-18)30(36)33(31(27)37)23-9-5-2-6-10-23/h1,3-4,7-8,12-17,23H,2,5-6,9-11H2. The van der Waals surface area contributed by atoms with Crippen molar-refractivity contribution in [3.63, 3.8) is 0 Å². The predicted molar refractivity (Wildman–Crippen MR) is 139 cm³/mol. The van der Waals surface area contributed by atoms with E-state index in [2.05, 4.69) is 0 Å². The van der Waals surface area contributed by atoms with E-state index in [9.17, 15) is 19.2 Å². The molecular formula is C31H24N2O4. The maximum absolute atomic E-state index is 13.3. The monoisotopic (exact) mass is 488 g/mol. The molecule has 0 radical (unpaired) electrons. The first-order valence-corrected chi connectivity index (χ1v) is 12.8. The third-order valence-corrected chi connectivity index (χ3v) is 7.98. The van der Waals surface area contributed by atoms with Gasteiger partial charge < -0.3 is 0 Å². The second-order valence-electron chi connectivity index (χ2n) is 10.3. The van der Waals surface area contributed by atoms with Crippen LogP contribution >= 0.6 is 0 Å². The Morgan fingerprint density at radius 2 is 1.16 bits per heavy atom. The van der Waals surface area contributed by atoms with E-state index in [4.69, 9.17) is 0 Å². The number of hydrogen-bond acceptors (Lipinski definition) is 4. The summed E-state index contributed by atoms with van der Waals surface area (Å²) in [5.74, 6) is -1.09. The molecule has 0 N–H and O–H groups in total. The number of para-hydroxylation sites is 1. The molecule has 0 aromatic heterocycles. The van der Waals surface area contributed by atoms with Gasteiger partial charge in [-0.15, -0.1) is 0 Å². The van der Waals surface area contributed by atoms with Crippen LogP contribution in [-0.4, -0.2) is 34.6 Å². The zero-order valence-corrected chi connectivity index (χ0v) is 20.2. The van der Waals surface area contributed by atoms with Crippen molar-refractivity contribution in [2.45, 2.75) is 44.6 Å². The van der Waals surface area contributed by atoms with Gasteiger partial charge >= 0.3 is 0 Å². The fourth-order valence-electron chi connectivity index (χ4n) is 6.21. The highest BCUT2D eigenvalue weighted by Gasteiger charge is 2.42. The van der Waals surface area contributed by atoms with E-state index in [1.165, 1.54) is 9.80 Å². The molecule has 5 aliphatic rings. The van der Waals surface area contributed by atoms with Crippen LogP contribution in [0, 0.1) is 0 Å². The molecule has 2 aromatic carbocycles. The molecule has 37 heavy (non-hydrogen) atoms. The van der Waals surface area contributed by atoms with Gasteiger partial charge in [-0.3, -0.25) is 24.1 Å². The van der Waals surface area contributed by atoms with Crippen LogP contribution in [0.4, 0.5) is 5.69 Å². The molecule has 182 valence electrons. The summed E-state index contributed by atoms with van der Waals surface area (Å²) in [6.45, 7) is 0. The average Bonchev–Trinajstić information content (AvgIpc) is 3.12. The Morgan fingerprint density at radius 1 is 0.622 bits per heavy atom. The van der Waals surface area contributed by atoms with Crippen LogP contribution in [0.3, 0.4) is 0 Å².